The summed E-state index contributed by atoms with van der Waals surface area (Å²) in [6.07, 6.45) is 0. The molecular weight excluding hydrogens is 462 g/mol. The summed E-state index contributed by atoms with van der Waals surface area (Å²) in [7, 11) is 0. The van der Waals surface area contributed by atoms with E-state index in [0.717, 1.165) is 37.8 Å². The van der Waals surface area contributed by atoms with Gasteiger partial charge < -0.3 is 10.1 Å². The van der Waals surface area contributed by atoms with Crippen LogP contribution in [0, 0.1) is 0 Å². The van der Waals surface area contributed by atoms with Crippen molar-refractivity contribution in [3.05, 3.63) is 60.9 Å². The van der Waals surface area contributed by atoms with E-state index in [9.17, 15) is 0 Å². The van der Waals surface area contributed by atoms with E-state index in [0.29, 0.717) is 6.61 Å². The number of halogens is 3. The smallest absolute Gasteiger partial charge is 0.148 e. The van der Waals surface area contributed by atoms with Crippen LogP contribution in [0.3, 0.4) is 0 Å². The Hall–Kier alpha value is -0.360. The standard InChI is InChI=1S/C16H16Br3NO/c1-2-20-9-12-7-14(18)16(15(19)8-12)21-10-11-3-5-13(17)6-4-11/h3-8,20H,2,9-10H2,1H3. The largest absolute Gasteiger partial charge is 0.487 e. The van der Waals surface area contributed by atoms with Gasteiger partial charge in [-0.2, -0.15) is 0 Å². The zero-order chi connectivity index (χ0) is 15.2. The molecular formula is C16H16Br3NO. The van der Waals surface area contributed by atoms with Gasteiger partial charge in [0.1, 0.15) is 12.4 Å². The lowest BCUT2D eigenvalue weighted by Gasteiger charge is -2.13. The molecule has 0 saturated heterocycles. The maximum atomic E-state index is 5.92. The highest BCUT2D eigenvalue weighted by Gasteiger charge is 2.09. The van der Waals surface area contributed by atoms with Crippen molar-refractivity contribution in [3.8, 4) is 5.75 Å². The number of ether oxygens (including phenoxy) is 1. The molecule has 5 heteroatoms. The van der Waals surface area contributed by atoms with E-state index >= 15 is 0 Å². The van der Waals surface area contributed by atoms with Crippen LogP contribution in [-0.2, 0) is 13.2 Å². The van der Waals surface area contributed by atoms with Crippen molar-refractivity contribution in [2.24, 2.45) is 0 Å². The molecule has 0 saturated carbocycles. The third kappa shape index (κ3) is 5.09. The van der Waals surface area contributed by atoms with Crippen molar-refractivity contribution in [1.29, 1.82) is 0 Å². The topological polar surface area (TPSA) is 21.3 Å². The molecule has 2 aromatic carbocycles. The lowest BCUT2D eigenvalue weighted by Crippen LogP contribution is -2.11. The first-order chi connectivity index (χ1) is 10.1. The number of hydrogen-bond donors (Lipinski definition) is 1. The molecule has 0 aliphatic carbocycles. The van der Waals surface area contributed by atoms with Crippen molar-refractivity contribution in [1.82, 2.24) is 5.32 Å². The fraction of sp³-hybridized carbons (Fsp3) is 0.250. The van der Waals surface area contributed by atoms with Gasteiger partial charge in [0.05, 0.1) is 8.95 Å². The Morgan fingerprint density at radius 1 is 0.952 bits per heavy atom. The second-order valence-corrected chi connectivity index (χ2v) is 7.21. The average Bonchev–Trinajstić information content (AvgIpc) is 2.46. The second-order valence-electron chi connectivity index (χ2n) is 4.58. The Labute approximate surface area is 150 Å². The van der Waals surface area contributed by atoms with Crippen LogP contribution in [0.4, 0.5) is 0 Å². The maximum absolute atomic E-state index is 5.92. The van der Waals surface area contributed by atoms with Crippen LogP contribution in [0.2, 0.25) is 0 Å². The van der Waals surface area contributed by atoms with E-state index < -0.39 is 0 Å². The van der Waals surface area contributed by atoms with Gasteiger partial charge in [-0.1, -0.05) is 35.0 Å². The molecule has 0 amide bonds. The summed E-state index contributed by atoms with van der Waals surface area (Å²) in [5.41, 5.74) is 2.35. The van der Waals surface area contributed by atoms with E-state index in [1.54, 1.807) is 0 Å². The van der Waals surface area contributed by atoms with Gasteiger partial charge in [-0.15, -0.1) is 0 Å². The molecule has 2 aromatic rings. The Morgan fingerprint density at radius 2 is 1.57 bits per heavy atom. The number of benzene rings is 2. The highest BCUT2D eigenvalue weighted by Crippen LogP contribution is 2.35. The third-order valence-electron chi connectivity index (χ3n) is 2.93. The number of hydrogen-bond acceptors (Lipinski definition) is 2. The molecule has 0 aliphatic rings. The summed E-state index contributed by atoms with van der Waals surface area (Å²) in [5, 5.41) is 3.31. The maximum Gasteiger partial charge on any atom is 0.148 e. The van der Waals surface area contributed by atoms with E-state index in [2.05, 4.69) is 72.2 Å². The van der Waals surface area contributed by atoms with E-state index in [-0.39, 0.29) is 0 Å². The summed E-state index contributed by atoms with van der Waals surface area (Å²) in [6.45, 7) is 4.44. The molecule has 0 aliphatic heterocycles. The molecule has 0 heterocycles. The lowest BCUT2D eigenvalue weighted by molar-refractivity contribution is 0.302. The number of rotatable bonds is 6. The van der Waals surface area contributed by atoms with Crippen molar-refractivity contribution in [3.63, 3.8) is 0 Å². The third-order valence-corrected chi connectivity index (χ3v) is 4.64. The predicted molar refractivity (Wildman–Crippen MR) is 97.7 cm³/mol. The fourth-order valence-corrected chi connectivity index (χ4v) is 3.63. The Kier molecular flexibility index (Phi) is 6.74. The molecule has 21 heavy (non-hydrogen) atoms. The highest BCUT2D eigenvalue weighted by molar-refractivity contribution is 9.11. The van der Waals surface area contributed by atoms with Crippen LogP contribution in [0.5, 0.6) is 5.75 Å². The van der Waals surface area contributed by atoms with Crippen LogP contribution in [0.25, 0.3) is 0 Å². The molecule has 0 bridgehead atoms. The van der Waals surface area contributed by atoms with Crippen molar-refractivity contribution < 1.29 is 4.74 Å². The molecule has 0 spiro atoms. The SMILES string of the molecule is CCNCc1cc(Br)c(OCc2ccc(Br)cc2)c(Br)c1. The van der Waals surface area contributed by atoms with Gasteiger partial charge in [0.2, 0.25) is 0 Å². The van der Waals surface area contributed by atoms with Gasteiger partial charge in [-0.05, 0) is 73.8 Å². The first kappa shape index (κ1) is 17.0. The highest BCUT2D eigenvalue weighted by atomic mass is 79.9. The van der Waals surface area contributed by atoms with Gasteiger partial charge in [-0.25, -0.2) is 0 Å². The summed E-state index contributed by atoms with van der Waals surface area (Å²) in [4.78, 5) is 0. The number of nitrogens with one attached hydrogen (secondary N) is 1. The summed E-state index contributed by atoms with van der Waals surface area (Å²) in [5.74, 6) is 0.832. The van der Waals surface area contributed by atoms with Crippen LogP contribution >= 0.6 is 47.8 Å². The Bertz CT molecular complexity index is 576. The predicted octanol–water partition coefficient (Wildman–Crippen LogP) is 5.66. The summed E-state index contributed by atoms with van der Waals surface area (Å²) < 4.78 is 8.91. The molecule has 1 N–H and O–H groups in total. The van der Waals surface area contributed by atoms with Crippen LogP contribution < -0.4 is 10.1 Å². The molecule has 2 nitrogen and oxygen atoms in total. The second kappa shape index (κ2) is 8.32. The summed E-state index contributed by atoms with van der Waals surface area (Å²) >= 11 is 10.6. The molecule has 112 valence electrons. The first-order valence-electron chi connectivity index (χ1n) is 6.66. The first-order valence-corrected chi connectivity index (χ1v) is 9.04. The zero-order valence-electron chi connectivity index (χ0n) is 11.6. The minimum Gasteiger partial charge on any atom is -0.487 e. The molecule has 0 unspecified atom stereocenters. The van der Waals surface area contributed by atoms with E-state index in [1.807, 2.05) is 24.3 Å². The quantitative estimate of drug-likeness (QED) is 0.579. The van der Waals surface area contributed by atoms with Gasteiger partial charge in [0.15, 0.2) is 0 Å². The Morgan fingerprint density at radius 3 is 2.14 bits per heavy atom. The van der Waals surface area contributed by atoms with Crippen LogP contribution in [0.15, 0.2) is 49.8 Å². The minimum absolute atomic E-state index is 0.539. The zero-order valence-corrected chi connectivity index (χ0v) is 16.4. The van der Waals surface area contributed by atoms with Gasteiger partial charge in [0, 0.05) is 11.0 Å². The van der Waals surface area contributed by atoms with Crippen molar-refractivity contribution in [2.45, 2.75) is 20.1 Å². The van der Waals surface area contributed by atoms with Crippen molar-refractivity contribution >= 4 is 47.8 Å². The molecule has 2 rings (SSSR count). The van der Waals surface area contributed by atoms with Crippen molar-refractivity contribution in [2.75, 3.05) is 6.54 Å². The average molecular weight is 478 g/mol. The van der Waals surface area contributed by atoms with Gasteiger partial charge >= 0.3 is 0 Å². The fourth-order valence-electron chi connectivity index (χ4n) is 1.86. The van der Waals surface area contributed by atoms with E-state index in [4.69, 9.17) is 4.74 Å². The van der Waals surface area contributed by atoms with Crippen LogP contribution in [-0.4, -0.2) is 6.54 Å². The normalized spacial score (nSPS) is 10.7. The Balaban J connectivity index is 2.07. The molecule has 0 atom stereocenters. The van der Waals surface area contributed by atoms with Gasteiger partial charge in [0.25, 0.3) is 0 Å². The lowest BCUT2D eigenvalue weighted by atomic mass is 10.2. The van der Waals surface area contributed by atoms with E-state index in [1.165, 1.54) is 5.56 Å². The molecule has 0 radical (unpaired) electrons. The summed E-state index contributed by atoms with van der Waals surface area (Å²) in [6, 6.07) is 12.3. The van der Waals surface area contributed by atoms with Gasteiger partial charge in [-0.3, -0.25) is 0 Å². The molecule has 0 aromatic heterocycles. The monoisotopic (exact) mass is 475 g/mol. The van der Waals surface area contributed by atoms with Crippen LogP contribution in [0.1, 0.15) is 18.1 Å². The molecule has 0 fully saturated rings. The minimum atomic E-state index is 0.539.